The Morgan fingerprint density at radius 1 is 1.37 bits per heavy atom. The van der Waals surface area contributed by atoms with Crippen LogP contribution in [-0.2, 0) is 0 Å². The lowest BCUT2D eigenvalue weighted by atomic mass is 10.0. The Kier molecular flexibility index (Phi) is 5.52. The highest BCUT2D eigenvalue weighted by Crippen LogP contribution is 2.30. The summed E-state index contributed by atoms with van der Waals surface area (Å²) in [5.74, 6) is 2.17. The van der Waals surface area contributed by atoms with Crippen molar-refractivity contribution in [3.05, 3.63) is 29.6 Å². The Balaban J connectivity index is 2.24. The fourth-order valence-corrected chi connectivity index (χ4v) is 3.40. The molecule has 1 aromatic rings. The van der Waals surface area contributed by atoms with Crippen LogP contribution < -0.4 is 10.2 Å². The predicted molar refractivity (Wildman–Crippen MR) is 82.6 cm³/mol. The van der Waals surface area contributed by atoms with Gasteiger partial charge in [0.1, 0.15) is 5.82 Å². The number of rotatable bonds is 5. The number of anilines is 1. The van der Waals surface area contributed by atoms with Crippen LogP contribution in [0.4, 0.5) is 10.1 Å². The molecule has 1 N–H and O–H groups in total. The van der Waals surface area contributed by atoms with Crippen LogP contribution in [0.15, 0.2) is 18.2 Å². The first kappa shape index (κ1) is 14.7. The van der Waals surface area contributed by atoms with Crippen LogP contribution in [0.2, 0.25) is 0 Å². The number of hydrogen-bond acceptors (Lipinski definition) is 3. The molecular formula is C15H23FN2S. The van der Waals surface area contributed by atoms with Gasteiger partial charge in [-0.1, -0.05) is 13.0 Å². The van der Waals surface area contributed by atoms with Gasteiger partial charge in [0.2, 0.25) is 0 Å². The second-order valence-electron chi connectivity index (χ2n) is 4.95. The Morgan fingerprint density at radius 3 is 2.79 bits per heavy atom. The summed E-state index contributed by atoms with van der Waals surface area (Å²) in [6.07, 6.45) is 1.06. The summed E-state index contributed by atoms with van der Waals surface area (Å²) < 4.78 is 14.2. The molecule has 1 atom stereocenters. The maximum atomic E-state index is 14.2. The van der Waals surface area contributed by atoms with E-state index in [1.54, 1.807) is 6.07 Å². The van der Waals surface area contributed by atoms with Crippen molar-refractivity contribution in [1.82, 2.24) is 5.32 Å². The van der Waals surface area contributed by atoms with E-state index in [0.717, 1.165) is 48.8 Å². The van der Waals surface area contributed by atoms with E-state index in [2.05, 4.69) is 30.1 Å². The highest BCUT2D eigenvalue weighted by Gasteiger charge is 2.20. The smallest absolute Gasteiger partial charge is 0.130 e. The number of nitrogens with zero attached hydrogens (tertiary/aromatic N) is 1. The fourth-order valence-electron chi connectivity index (χ4n) is 2.50. The minimum absolute atomic E-state index is 0.0609. The Hall–Kier alpha value is -0.740. The summed E-state index contributed by atoms with van der Waals surface area (Å²) in [7, 11) is 0. The Bertz CT molecular complexity index is 405. The van der Waals surface area contributed by atoms with Gasteiger partial charge in [-0.05, 0) is 32.0 Å². The molecule has 1 heterocycles. The van der Waals surface area contributed by atoms with E-state index in [1.165, 1.54) is 0 Å². The van der Waals surface area contributed by atoms with Gasteiger partial charge in [-0.15, -0.1) is 0 Å². The minimum Gasteiger partial charge on any atom is -0.370 e. The fraction of sp³-hybridized carbons (Fsp3) is 0.600. The van der Waals surface area contributed by atoms with Crippen molar-refractivity contribution in [1.29, 1.82) is 0 Å². The SMILES string of the molecule is CCCNC(C)c1c(F)cccc1N1CCSCC1. The van der Waals surface area contributed by atoms with E-state index in [9.17, 15) is 4.39 Å². The van der Waals surface area contributed by atoms with Crippen molar-refractivity contribution in [3.63, 3.8) is 0 Å². The van der Waals surface area contributed by atoms with Crippen LogP contribution in [0.25, 0.3) is 0 Å². The van der Waals surface area contributed by atoms with Crippen LogP contribution >= 0.6 is 11.8 Å². The zero-order chi connectivity index (χ0) is 13.7. The van der Waals surface area contributed by atoms with Gasteiger partial charge in [0.25, 0.3) is 0 Å². The molecule has 1 saturated heterocycles. The molecule has 0 aromatic heterocycles. The molecule has 1 unspecified atom stereocenters. The van der Waals surface area contributed by atoms with Gasteiger partial charge in [-0.25, -0.2) is 4.39 Å². The van der Waals surface area contributed by atoms with Crippen molar-refractivity contribution in [2.45, 2.75) is 26.3 Å². The average molecular weight is 282 g/mol. The van der Waals surface area contributed by atoms with Gasteiger partial charge in [-0.2, -0.15) is 11.8 Å². The summed E-state index contributed by atoms with van der Waals surface area (Å²) in [6, 6.07) is 5.51. The second-order valence-corrected chi connectivity index (χ2v) is 6.17. The largest absolute Gasteiger partial charge is 0.370 e. The van der Waals surface area contributed by atoms with Crippen molar-refractivity contribution in [2.24, 2.45) is 0 Å². The van der Waals surface area contributed by atoms with Crippen LogP contribution in [0.1, 0.15) is 31.9 Å². The van der Waals surface area contributed by atoms with Gasteiger partial charge >= 0.3 is 0 Å². The third-order valence-electron chi connectivity index (χ3n) is 3.52. The van der Waals surface area contributed by atoms with Crippen LogP contribution in [-0.4, -0.2) is 31.1 Å². The average Bonchev–Trinajstić information content (AvgIpc) is 2.45. The van der Waals surface area contributed by atoms with E-state index in [1.807, 2.05) is 17.8 Å². The van der Waals surface area contributed by atoms with Gasteiger partial charge in [-0.3, -0.25) is 0 Å². The molecule has 1 aromatic carbocycles. The normalized spacial score (nSPS) is 17.5. The van der Waals surface area contributed by atoms with Crippen LogP contribution in [0.3, 0.4) is 0 Å². The maximum absolute atomic E-state index is 14.2. The lowest BCUT2D eigenvalue weighted by molar-refractivity contribution is 0.526. The molecule has 4 heteroatoms. The molecule has 0 bridgehead atoms. The molecule has 0 saturated carbocycles. The van der Waals surface area contributed by atoms with Crippen molar-refractivity contribution < 1.29 is 4.39 Å². The molecular weight excluding hydrogens is 259 g/mol. The Labute approximate surface area is 119 Å². The molecule has 0 radical (unpaired) electrons. The number of nitrogens with one attached hydrogen (secondary N) is 1. The maximum Gasteiger partial charge on any atom is 0.130 e. The molecule has 0 amide bonds. The zero-order valence-electron chi connectivity index (χ0n) is 11.8. The van der Waals surface area contributed by atoms with Gasteiger partial charge in [0.15, 0.2) is 0 Å². The molecule has 2 nitrogen and oxygen atoms in total. The van der Waals surface area contributed by atoms with E-state index in [-0.39, 0.29) is 11.9 Å². The topological polar surface area (TPSA) is 15.3 Å². The lowest BCUT2D eigenvalue weighted by Gasteiger charge is -2.32. The van der Waals surface area contributed by atoms with Crippen LogP contribution in [0.5, 0.6) is 0 Å². The van der Waals surface area contributed by atoms with E-state index in [0.29, 0.717) is 0 Å². The molecule has 0 spiro atoms. The van der Waals surface area contributed by atoms with Crippen LogP contribution in [0, 0.1) is 5.82 Å². The van der Waals surface area contributed by atoms with Crippen molar-refractivity contribution >= 4 is 17.4 Å². The lowest BCUT2D eigenvalue weighted by Crippen LogP contribution is -2.34. The zero-order valence-corrected chi connectivity index (χ0v) is 12.6. The van der Waals surface area contributed by atoms with E-state index < -0.39 is 0 Å². The molecule has 19 heavy (non-hydrogen) atoms. The number of thioether (sulfide) groups is 1. The number of benzene rings is 1. The van der Waals surface area contributed by atoms with Gasteiger partial charge in [0, 0.05) is 41.9 Å². The number of hydrogen-bond donors (Lipinski definition) is 1. The summed E-state index contributed by atoms with van der Waals surface area (Å²) >= 11 is 1.97. The first-order valence-corrected chi connectivity index (χ1v) is 8.24. The predicted octanol–water partition coefficient (Wildman–Crippen LogP) is 3.44. The summed E-state index contributed by atoms with van der Waals surface area (Å²) in [6.45, 7) is 7.13. The first-order valence-electron chi connectivity index (χ1n) is 7.08. The van der Waals surface area contributed by atoms with E-state index >= 15 is 0 Å². The molecule has 1 aliphatic rings. The summed E-state index contributed by atoms with van der Waals surface area (Å²) in [5, 5.41) is 3.40. The monoisotopic (exact) mass is 282 g/mol. The third-order valence-corrected chi connectivity index (χ3v) is 4.46. The van der Waals surface area contributed by atoms with Gasteiger partial charge < -0.3 is 10.2 Å². The first-order chi connectivity index (χ1) is 9.24. The molecule has 1 fully saturated rings. The highest BCUT2D eigenvalue weighted by atomic mass is 32.2. The standard InChI is InChI=1S/C15H23FN2S/c1-3-7-17-12(2)15-13(16)5-4-6-14(15)18-8-10-19-11-9-18/h4-6,12,17H,3,7-11H2,1-2H3. The van der Waals surface area contributed by atoms with Crippen molar-refractivity contribution in [2.75, 3.05) is 36.0 Å². The Morgan fingerprint density at radius 2 is 2.11 bits per heavy atom. The highest BCUT2D eigenvalue weighted by molar-refractivity contribution is 7.99. The quantitative estimate of drug-likeness (QED) is 0.890. The number of halogens is 1. The molecule has 106 valence electrons. The minimum atomic E-state index is -0.0909. The van der Waals surface area contributed by atoms with Gasteiger partial charge in [0.05, 0.1) is 0 Å². The third kappa shape index (κ3) is 3.63. The summed E-state index contributed by atoms with van der Waals surface area (Å²) in [4.78, 5) is 2.32. The second kappa shape index (κ2) is 7.15. The van der Waals surface area contributed by atoms with E-state index in [4.69, 9.17) is 0 Å². The molecule has 0 aliphatic carbocycles. The van der Waals surface area contributed by atoms with Crippen molar-refractivity contribution in [3.8, 4) is 0 Å². The summed E-state index contributed by atoms with van der Waals surface area (Å²) in [5.41, 5.74) is 1.89. The molecule has 2 rings (SSSR count). The molecule has 1 aliphatic heterocycles.